The van der Waals surface area contributed by atoms with Crippen molar-refractivity contribution in [1.29, 1.82) is 0 Å². The second-order valence-electron chi connectivity index (χ2n) is 2.77. The highest BCUT2D eigenvalue weighted by molar-refractivity contribution is 5.54. The zero-order valence-corrected chi connectivity index (χ0v) is 7.57. The molecule has 1 aromatic rings. The van der Waals surface area contributed by atoms with E-state index >= 15 is 0 Å². The lowest BCUT2D eigenvalue weighted by Crippen LogP contribution is -2.14. The smallest absolute Gasteiger partial charge is 0.0846 e. The van der Waals surface area contributed by atoms with Crippen molar-refractivity contribution >= 4 is 6.34 Å². The fourth-order valence-electron chi connectivity index (χ4n) is 1.11. The quantitative estimate of drug-likeness (QED) is 0.488. The van der Waals surface area contributed by atoms with Crippen molar-refractivity contribution < 1.29 is 0 Å². The number of benzene rings is 1. The molecule has 0 bridgehead atoms. The molecule has 0 spiro atoms. The number of hydrogen-bond acceptors (Lipinski definition) is 1. The Morgan fingerprint density at radius 3 is 2.58 bits per heavy atom. The van der Waals surface area contributed by atoms with Crippen LogP contribution in [0.3, 0.4) is 0 Å². The normalized spacial score (nSPS) is 10.5. The molecule has 0 aliphatic carbocycles. The van der Waals surface area contributed by atoms with Gasteiger partial charge in [-0.1, -0.05) is 30.3 Å². The first-order valence-electron chi connectivity index (χ1n) is 3.99. The van der Waals surface area contributed by atoms with Crippen molar-refractivity contribution in [2.45, 2.75) is 6.54 Å². The van der Waals surface area contributed by atoms with E-state index in [0.717, 1.165) is 6.54 Å². The lowest BCUT2D eigenvalue weighted by molar-refractivity contribution is 0.515. The molecule has 0 amide bonds. The molecule has 0 aliphatic rings. The van der Waals surface area contributed by atoms with Crippen molar-refractivity contribution in [2.75, 3.05) is 14.1 Å². The van der Waals surface area contributed by atoms with E-state index in [9.17, 15) is 0 Å². The topological polar surface area (TPSA) is 15.6 Å². The summed E-state index contributed by atoms with van der Waals surface area (Å²) in [5, 5.41) is 0. The molecule has 2 heteroatoms. The molecule has 0 aromatic heterocycles. The zero-order valence-electron chi connectivity index (χ0n) is 7.57. The Morgan fingerprint density at radius 1 is 1.33 bits per heavy atom. The van der Waals surface area contributed by atoms with Crippen LogP contribution in [-0.4, -0.2) is 25.3 Å². The van der Waals surface area contributed by atoms with Gasteiger partial charge in [0.2, 0.25) is 0 Å². The first-order valence-corrected chi connectivity index (χ1v) is 3.99. The van der Waals surface area contributed by atoms with Crippen molar-refractivity contribution in [3.05, 3.63) is 35.9 Å². The molecule has 0 radical (unpaired) electrons. The molecule has 2 nitrogen and oxygen atoms in total. The average molecular weight is 162 g/mol. The van der Waals surface area contributed by atoms with E-state index < -0.39 is 0 Å². The molecule has 0 saturated heterocycles. The van der Waals surface area contributed by atoms with Gasteiger partial charge in [-0.15, -0.1) is 0 Å². The predicted molar refractivity (Wildman–Crippen MR) is 52.3 cm³/mol. The third-order valence-electron chi connectivity index (χ3n) is 1.59. The lowest BCUT2D eigenvalue weighted by Gasteiger charge is -2.11. The van der Waals surface area contributed by atoms with E-state index in [1.165, 1.54) is 5.56 Å². The highest BCUT2D eigenvalue weighted by Crippen LogP contribution is 2.00. The second kappa shape index (κ2) is 4.54. The summed E-state index contributed by atoms with van der Waals surface area (Å²) in [6.07, 6.45) is 1.83. The summed E-state index contributed by atoms with van der Waals surface area (Å²) in [6.45, 7) is 0.915. The van der Waals surface area contributed by atoms with Crippen LogP contribution in [0.1, 0.15) is 5.56 Å². The molecule has 0 N–H and O–H groups in total. The summed E-state index contributed by atoms with van der Waals surface area (Å²) in [5.74, 6) is 0. The zero-order chi connectivity index (χ0) is 8.81. The Kier molecular flexibility index (Phi) is 3.33. The van der Waals surface area contributed by atoms with Gasteiger partial charge in [0, 0.05) is 20.6 Å². The van der Waals surface area contributed by atoms with Crippen LogP contribution in [0.25, 0.3) is 0 Å². The minimum atomic E-state index is 0.915. The van der Waals surface area contributed by atoms with Gasteiger partial charge in [-0.05, 0) is 5.56 Å². The predicted octanol–water partition coefficient (Wildman–Crippen LogP) is 1.78. The first kappa shape index (κ1) is 8.78. The lowest BCUT2D eigenvalue weighted by atomic mass is 10.2. The second-order valence-corrected chi connectivity index (χ2v) is 2.77. The maximum absolute atomic E-state index is 3.93. The summed E-state index contributed by atoms with van der Waals surface area (Å²) in [7, 11) is 3.79. The first-order chi connectivity index (χ1) is 5.83. The molecule has 0 unspecified atom stereocenters. The van der Waals surface area contributed by atoms with Crippen LogP contribution in [0.2, 0.25) is 0 Å². The van der Waals surface area contributed by atoms with Crippen molar-refractivity contribution in [1.82, 2.24) is 4.90 Å². The highest BCUT2D eigenvalue weighted by Gasteiger charge is 1.92. The van der Waals surface area contributed by atoms with Crippen LogP contribution < -0.4 is 0 Å². The Labute approximate surface area is 73.5 Å². The molecule has 0 atom stereocenters. The van der Waals surface area contributed by atoms with Crippen LogP contribution in [0.4, 0.5) is 0 Å². The third-order valence-corrected chi connectivity index (χ3v) is 1.59. The van der Waals surface area contributed by atoms with Gasteiger partial charge in [0.05, 0.1) is 6.34 Å². The van der Waals surface area contributed by atoms with E-state index in [-0.39, 0.29) is 0 Å². The Morgan fingerprint density at radius 2 is 2.00 bits per heavy atom. The maximum Gasteiger partial charge on any atom is 0.0846 e. The van der Waals surface area contributed by atoms with E-state index in [1.807, 2.05) is 31.6 Å². The maximum atomic E-state index is 3.93. The molecule has 1 aromatic carbocycles. The summed E-state index contributed by atoms with van der Waals surface area (Å²) in [4.78, 5) is 5.98. The van der Waals surface area contributed by atoms with Crippen LogP contribution in [0, 0.1) is 0 Å². The molecule has 0 fully saturated rings. The van der Waals surface area contributed by atoms with Gasteiger partial charge in [-0.2, -0.15) is 0 Å². The van der Waals surface area contributed by atoms with Gasteiger partial charge >= 0.3 is 0 Å². The molecular weight excluding hydrogens is 148 g/mol. The third kappa shape index (κ3) is 2.74. The number of hydrogen-bond donors (Lipinski definition) is 0. The van der Waals surface area contributed by atoms with Gasteiger partial charge in [0.25, 0.3) is 0 Å². The number of nitrogens with zero attached hydrogens (tertiary/aromatic N) is 2. The summed E-state index contributed by atoms with van der Waals surface area (Å²) < 4.78 is 0. The van der Waals surface area contributed by atoms with E-state index in [0.29, 0.717) is 0 Å². The van der Waals surface area contributed by atoms with Crippen LogP contribution in [0.15, 0.2) is 35.3 Å². The summed E-state index contributed by atoms with van der Waals surface area (Å²) in [6, 6.07) is 10.3. The highest BCUT2D eigenvalue weighted by atomic mass is 15.1. The standard InChI is InChI=1S/C10H14N2/c1-11-9-12(2)8-10-6-4-3-5-7-10/h3-7,9H,8H2,1-2H3/b11-9-. The summed E-state index contributed by atoms with van der Waals surface area (Å²) >= 11 is 0. The molecule has 12 heavy (non-hydrogen) atoms. The SMILES string of the molecule is C/N=C\N(C)Cc1ccccc1. The molecule has 0 saturated carbocycles. The molecular formula is C10H14N2. The molecule has 0 aliphatic heterocycles. The minimum absolute atomic E-state index is 0.915. The summed E-state index contributed by atoms with van der Waals surface area (Å²) in [5.41, 5.74) is 1.31. The largest absolute Gasteiger partial charge is 0.362 e. The minimum Gasteiger partial charge on any atom is -0.362 e. The fraction of sp³-hybridized carbons (Fsp3) is 0.300. The van der Waals surface area contributed by atoms with Gasteiger partial charge in [0.15, 0.2) is 0 Å². The number of rotatable bonds is 3. The van der Waals surface area contributed by atoms with Gasteiger partial charge in [-0.3, -0.25) is 4.99 Å². The molecule has 1 rings (SSSR count). The monoisotopic (exact) mass is 162 g/mol. The van der Waals surface area contributed by atoms with Crippen LogP contribution in [-0.2, 0) is 6.54 Å². The van der Waals surface area contributed by atoms with Gasteiger partial charge in [-0.25, -0.2) is 0 Å². The Balaban J connectivity index is 2.52. The van der Waals surface area contributed by atoms with Crippen LogP contribution in [0.5, 0.6) is 0 Å². The van der Waals surface area contributed by atoms with E-state index in [1.54, 1.807) is 7.05 Å². The van der Waals surface area contributed by atoms with Crippen molar-refractivity contribution in [3.63, 3.8) is 0 Å². The Bertz CT molecular complexity index is 241. The van der Waals surface area contributed by atoms with Crippen molar-refractivity contribution in [3.8, 4) is 0 Å². The van der Waals surface area contributed by atoms with Gasteiger partial charge < -0.3 is 4.90 Å². The van der Waals surface area contributed by atoms with Crippen LogP contribution >= 0.6 is 0 Å². The van der Waals surface area contributed by atoms with E-state index in [2.05, 4.69) is 22.0 Å². The van der Waals surface area contributed by atoms with E-state index in [4.69, 9.17) is 0 Å². The molecule has 0 heterocycles. The molecule has 64 valence electrons. The average Bonchev–Trinajstić information content (AvgIpc) is 2.06. The Hall–Kier alpha value is -1.31. The van der Waals surface area contributed by atoms with Crippen molar-refractivity contribution in [2.24, 2.45) is 4.99 Å². The fourth-order valence-corrected chi connectivity index (χ4v) is 1.11. The number of aliphatic imine (C=N–C) groups is 1. The van der Waals surface area contributed by atoms with Gasteiger partial charge in [0.1, 0.15) is 0 Å².